The Morgan fingerprint density at radius 2 is 2.75 bits per heavy atom. The molecule has 0 fully saturated rings. The molecule has 0 radical (unpaired) electrons. The summed E-state index contributed by atoms with van der Waals surface area (Å²) in [5.41, 5.74) is 0.826. The first-order valence-corrected chi connectivity index (χ1v) is 2.34. The average molecular weight is 113 g/mol. The lowest BCUT2D eigenvalue weighted by atomic mass is 10.5. The summed E-state index contributed by atoms with van der Waals surface area (Å²) in [6.45, 7) is 0.712. The summed E-state index contributed by atoms with van der Waals surface area (Å²) in [5.74, 6) is 0. The molecule has 0 saturated heterocycles. The van der Waals surface area contributed by atoms with Gasteiger partial charge in [-0.15, -0.1) is 5.10 Å². The molecule has 0 aromatic carbocycles. The minimum atomic E-state index is 0.712. The van der Waals surface area contributed by atoms with E-state index >= 15 is 0 Å². The van der Waals surface area contributed by atoms with Crippen LogP contribution in [-0.2, 0) is 6.54 Å². The van der Waals surface area contributed by atoms with Crippen molar-refractivity contribution in [3.05, 3.63) is 12.0 Å². The van der Waals surface area contributed by atoms with Gasteiger partial charge in [-0.05, 0) is 7.05 Å². The number of rotatable bonds is 2. The molecular formula is C4H7N3O. The Balaban J connectivity index is 2.50. The minimum absolute atomic E-state index is 0.712. The number of nitrogens with one attached hydrogen (secondary N) is 1. The largest absolute Gasteiger partial charge is 0.345 e. The van der Waals surface area contributed by atoms with Gasteiger partial charge < -0.3 is 9.84 Å². The van der Waals surface area contributed by atoms with Crippen LogP contribution in [0, 0.1) is 0 Å². The van der Waals surface area contributed by atoms with Crippen molar-refractivity contribution in [2.24, 2.45) is 0 Å². The van der Waals surface area contributed by atoms with Crippen LogP contribution in [0.4, 0.5) is 0 Å². The van der Waals surface area contributed by atoms with Crippen LogP contribution >= 0.6 is 0 Å². The molecule has 1 rings (SSSR count). The van der Waals surface area contributed by atoms with Gasteiger partial charge in [0.2, 0.25) is 0 Å². The summed E-state index contributed by atoms with van der Waals surface area (Å²) in [5, 5.41) is 9.81. The molecule has 0 aliphatic rings. The second-order valence-corrected chi connectivity index (χ2v) is 1.43. The quantitative estimate of drug-likeness (QED) is 0.576. The van der Waals surface area contributed by atoms with Crippen molar-refractivity contribution >= 4 is 0 Å². The van der Waals surface area contributed by atoms with Gasteiger partial charge in [0.25, 0.3) is 0 Å². The Morgan fingerprint density at radius 3 is 3.25 bits per heavy atom. The molecule has 1 aromatic heterocycles. The Bertz CT molecular complexity index is 137. The lowest BCUT2D eigenvalue weighted by Crippen LogP contribution is -2.04. The minimum Gasteiger partial charge on any atom is -0.345 e. The van der Waals surface area contributed by atoms with E-state index in [2.05, 4.69) is 20.2 Å². The Kier molecular flexibility index (Phi) is 1.58. The average Bonchev–Trinajstić information content (AvgIpc) is 2.19. The number of hydrogen-bond donors (Lipinski definition) is 1. The van der Waals surface area contributed by atoms with Gasteiger partial charge in [-0.2, -0.15) is 0 Å². The van der Waals surface area contributed by atoms with Gasteiger partial charge in [0, 0.05) is 11.8 Å². The van der Waals surface area contributed by atoms with Crippen molar-refractivity contribution in [2.75, 3.05) is 7.05 Å². The second-order valence-electron chi connectivity index (χ2n) is 1.43. The summed E-state index contributed by atoms with van der Waals surface area (Å²) in [4.78, 5) is 0. The molecular weight excluding hydrogens is 106 g/mol. The molecule has 0 spiro atoms. The molecule has 4 nitrogen and oxygen atoms in total. The van der Waals surface area contributed by atoms with Crippen LogP contribution in [0.2, 0.25) is 0 Å². The molecule has 44 valence electrons. The van der Waals surface area contributed by atoms with E-state index in [9.17, 15) is 0 Å². The summed E-state index contributed by atoms with van der Waals surface area (Å²) >= 11 is 0. The lowest BCUT2D eigenvalue weighted by molar-refractivity contribution is 0.392. The van der Waals surface area contributed by atoms with Crippen LogP contribution < -0.4 is 5.32 Å². The molecule has 1 N–H and O–H groups in total. The second kappa shape index (κ2) is 2.42. The Labute approximate surface area is 46.9 Å². The van der Waals surface area contributed by atoms with Gasteiger partial charge in [-0.25, -0.2) is 0 Å². The standard InChI is InChI=1S/C4H7N3O/c1-5-2-4-3-8-7-6-4/h3,5H,2H2,1H3. The smallest absolute Gasteiger partial charge is 0.148 e. The van der Waals surface area contributed by atoms with E-state index in [1.165, 1.54) is 6.26 Å². The topological polar surface area (TPSA) is 51.0 Å². The summed E-state index contributed by atoms with van der Waals surface area (Å²) in [6.07, 6.45) is 1.51. The first-order chi connectivity index (χ1) is 3.93. The van der Waals surface area contributed by atoms with E-state index in [0.717, 1.165) is 5.69 Å². The highest BCUT2D eigenvalue weighted by Crippen LogP contribution is 1.87. The number of nitrogens with zero attached hydrogens (tertiary/aromatic N) is 2. The zero-order valence-corrected chi connectivity index (χ0v) is 4.59. The van der Waals surface area contributed by atoms with Crippen molar-refractivity contribution in [1.29, 1.82) is 0 Å². The molecule has 0 amide bonds. The van der Waals surface area contributed by atoms with E-state index in [1.54, 1.807) is 0 Å². The predicted octanol–water partition coefficient (Wildman–Crippen LogP) is -0.211. The van der Waals surface area contributed by atoms with Gasteiger partial charge in [0.1, 0.15) is 12.0 Å². The zero-order valence-electron chi connectivity index (χ0n) is 4.59. The van der Waals surface area contributed by atoms with Crippen LogP contribution in [0.3, 0.4) is 0 Å². The van der Waals surface area contributed by atoms with Crippen molar-refractivity contribution < 1.29 is 4.52 Å². The predicted molar refractivity (Wildman–Crippen MR) is 27.1 cm³/mol. The SMILES string of the molecule is CNCc1conn1. The zero-order chi connectivity index (χ0) is 5.82. The highest BCUT2D eigenvalue weighted by Gasteiger charge is 1.91. The molecule has 1 aromatic rings. The van der Waals surface area contributed by atoms with E-state index in [-0.39, 0.29) is 0 Å². The van der Waals surface area contributed by atoms with Gasteiger partial charge in [0.15, 0.2) is 0 Å². The van der Waals surface area contributed by atoms with Crippen LogP contribution in [-0.4, -0.2) is 17.4 Å². The highest BCUT2D eigenvalue weighted by atomic mass is 16.5. The Morgan fingerprint density at radius 1 is 1.88 bits per heavy atom. The maximum Gasteiger partial charge on any atom is 0.148 e. The first kappa shape index (κ1) is 5.24. The molecule has 4 heteroatoms. The molecule has 0 saturated carbocycles. The fourth-order valence-electron chi connectivity index (χ4n) is 0.442. The molecule has 0 aliphatic carbocycles. The van der Waals surface area contributed by atoms with E-state index in [1.807, 2.05) is 7.05 Å². The maximum absolute atomic E-state index is 4.47. The number of aromatic nitrogens is 2. The van der Waals surface area contributed by atoms with Gasteiger partial charge >= 0.3 is 0 Å². The molecule has 0 bridgehead atoms. The lowest BCUT2D eigenvalue weighted by Gasteiger charge is -1.85. The van der Waals surface area contributed by atoms with Gasteiger partial charge in [-0.1, -0.05) is 0 Å². The summed E-state index contributed by atoms with van der Waals surface area (Å²) < 4.78 is 4.47. The van der Waals surface area contributed by atoms with Crippen LogP contribution in [0.5, 0.6) is 0 Å². The van der Waals surface area contributed by atoms with E-state index < -0.39 is 0 Å². The summed E-state index contributed by atoms with van der Waals surface area (Å²) in [6, 6.07) is 0. The van der Waals surface area contributed by atoms with Crippen LogP contribution in [0.25, 0.3) is 0 Å². The fourth-order valence-corrected chi connectivity index (χ4v) is 0.442. The van der Waals surface area contributed by atoms with Crippen molar-refractivity contribution in [1.82, 2.24) is 15.7 Å². The third kappa shape index (κ3) is 1.04. The third-order valence-electron chi connectivity index (χ3n) is 0.763. The molecule has 0 atom stereocenters. The van der Waals surface area contributed by atoms with E-state index in [0.29, 0.717) is 6.54 Å². The van der Waals surface area contributed by atoms with Crippen LogP contribution in [0.15, 0.2) is 10.8 Å². The molecule has 0 unspecified atom stereocenters. The fraction of sp³-hybridized carbons (Fsp3) is 0.500. The maximum atomic E-state index is 4.47. The molecule has 1 heterocycles. The molecule has 8 heavy (non-hydrogen) atoms. The number of hydrogen-bond acceptors (Lipinski definition) is 4. The monoisotopic (exact) mass is 113 g/mol. The first-order valence-electron chi connectivity index (χ1n) is 2.34. The van der Waals surface area contributed by atoms with Crippen LogP contribution in [0.1, 0.15) is 5.69 Å². The van der Waals surface area contributed by atoms with Gasteiger partial charge in [0.05, 0.1) is 0 Å². The van der Waals surface area contributed by atoms with Crippen molar-refractivity contribution in [2.45, 2.75) is 6.54 Å². The van der Waals surface area contributed by atoms with Gasteiger partial charge in [-0.3, -0.25) is 0 Å². The van der Waals surface area contributed by atoms with Crippen molar-refractivity contribution in [3.63, 3.8) is 0 Å². The third-order valence-corrected chi connectivity index (χ3v) is 0.763. The summed E-state index contributed by atoms with van der Waals surface area (Å²) in [7, 11) is 1.84. The molecule has 0 aliphatic heterocycles. The van der Waals surface area contributed by atoms with E-state index in [4.69, 9.17) is 0 Å². The van der Waals surface area contributed by atoms with Crippen molar-refractivity contribution in [3.8, 4) is 0 Å². The Hall–Kier alpha value is -0.900. The highest BCUT2D eigenvalue weighted by molar-refractivity contribution is 4.85. The normalized spacial score (nSPS) is 9.62.